The van der Waals surface area contributed by atoms with E-state index in [4.69, 9.17) is 4.42 Å². The highest BCUT2D eigenvalue weighted by Gasteiger charge is 2.28. The number of furan rings is 1. The minimum atomic E-state index is -0.404. The molecule has 0 atom stereocenters. The summed E-state index contributed by atoms with van der Waals surface area (Å²) >= 11 is 1.44. The normalized spacial score (nSPS) is 12.5. The molecule has 162 valence electrons. The van der Waals surface area contributed by atoms with Crippen LogP contribution in [-0.4, -0.2) is 27.1 Å². The number of para-hydroxylation sites is 1. The Morgan fingerprint density at radius 2 is 2.03 bits per heavy atom. The number of carbonyl (C=O) groups excluding carboxylic acids is 2. The summed E-state index contributed by atoms with van der Waals surface area (Å²) in [6.45, 7) is 0.272. The smallest absolute Gasteiger partial charge is 0.274 e. The number of hydrogen-bond donors (Lipinski definition) is 4. The molecule has 0 saturated heterocycles. The number of aromatic hydroxyl groups is 1. The number of aromatic amines is 1. The number of aromatic nitrogens is 2. The molecular weight excluding hydrogens is 428 g/mol. The molecule has 3 aromatic heterocycles. The highest BCUT2D eigenvalue weighted by Crippen LogP contribution is 2.39. The lowest BCUT2D eigenvalue weighted by Gasteiger charge is -2.08. The quantitative estimate of drug-likeness (QED) is 0.354. The van der Waals surface area contributed by atoms with Crippen LogP contribution in [0, 0.1) is 0 Å². The van der Waals surface area contributed by atoms with Crippen LogP contribution in [0.2, 0.25) is 0 Å². The van der Waals surface area contributed by atoms with Crippen LogP contribution in [0.3, 0.4) is 0 Å². The number of benzene rings is 1. The topological polar surface area (TPSA) is 120 Å². The van der Waals surface area contributed by atoms with Gasteiger partial charge in [-0.15, -0.1) is 11.3 Å². The number of hydrogen-bond acceptors (Lipinski definition) is 6. The average Bonchev–Trinajstić information content (AvgIpc) is 3.57. The third-order valence-corrected chi connectivity index (χ3v) is 6.59. The Hall–Kier alpha value is -3.85. The van der Waals surface area contributed by atoms with Crippen molar-refractivity contribution in [3.8, 4) is 17.0 Å². The van der Waals surface area contributed by atoms with Gasteiger partial charge in [-0.25, -0.2) is 0 Å². The van der Waals surface area contributed by atoms with E-state index in [0.717, 1.165) is 29.7 Å². The number of nitrogens with one attached hydrogen (secondary N) is 3. The van der Waals surface area contributed by atoms with Gasteiger partial charge < -0.3 is 20.2 Å². The number of fused-ring (bicyclic) bond motifs is 1. The fourth-order valence-electron chi connectivity index (χ4n) is 3.84. The van der Waals surface area contributed by atoms with Gasteiger partial charge in [-0.1, -0.05) is 12.1 Å². The molecule has 9 heteroatoms. The molecule has 1 aliphatic carbocycles. The molecular formula is C23H20N4O4S. The van der Waals surface area contributed by atoms with Gasteiger partial charge in [-0.05, 0) is 55.2 Å². The zero-order valence-electron chi connectivity index (χ0n) is 17.0. The van der Waals surface area contributed by atoms with Gasteiger partial charge in [0, 0.05) is 10.4 Å². The van der Waals surface area contributed by atoms with Crippen LogP contribution in [0.15, 0.2) is 53.1 Å². The van der Waals surface area contributed by atoms with Gasteiger partial charge in [0.15, 0.2) is 0 Å². The van der Waals surface area contributed by atoms with Gasteiger partial charge in [-0.2, -0.15) is 5.10 Å². The van der Waals surface area contributed by atoms with Crippen LogP contribution in [0.1, 0.15) is 43.5 Å². The van der Waals surface area contributed by atoms with Crippen molar-refractivity contribution in [2.45, 2.75) is 25.8 Å². The molecule has 0 aliphatic heterocycles. The van der Waals surface area contributed by atoms with Crippen molar-refractivity contribution in [1.82, 2.24) is 15.5 Å². The number of anilines is 1. The van der Waals surface area contributed by atoms with E-state index >= 15 is 0 Å². The minimum absolute atomic E-state index is 0.0798. The van der Waals surface area contributed by atoms with Crippen molar-refractivity contribution in [2.75, 3.05) is 5.32 Å². The largest absolute Gasteiger partial charge is 0.507 e. The number of aryl methyl sites for hydroxylation is 1. The van der Waals surface area contributed by atoms with Crippen molar-refractivity contribution >= 4 is 28.2 Å². The third-order valence-electron chi connectivity index (χ3n) is 5.38. The number of carbonyl (C=O) groups is 2. The van der Waals surface area contributed by atoms with E-state index < -0.39 is 5.91 Å². The lowest BCUT2D eigenvalue weighted by atomic mass is 10.1. The molecule has 1 aliphatic rings. The Balaban J connectivity index is 1.37. The maximum Gasteiger partial charge on any atom is 0.274 e. The highest BCUT2D eigenvalue weighted by atomic mass is 32.1. The van der Waals surface area contributed by atoms with Crippen molar-refractivity contribution in [2.24, 2.45) is 0 Å². The Morgan fingerprint density at radius 3 is 2.84 bits per heavy atom. The van der Waals surface area contributed by atoms with E-state index in [1.165, 1.54) is 11.3 Å². The van der Waals surface area contributed by atoms with Crippen LogP contribution in [0.25, 0.3) is 11.3 Å². The first-order valence-electron chi connectivity index (χ1n) is 10.2. The Morgan fingerprint density at radius 1 is 1.16 bits per heavy atom. The molecule has 0 bridgehead atoms. The summed E-state index contributed by atoms with van der Waals surface area (Å²) in [4.78, 5) is 27.0. The number of rotatable bonds is 6. The second-order valence-electron chi connectivity index (χ2n) is 7.46. The first kappa shape index (κ1) is 20.1. The summed E-state index contributed by atoms with van der Waals surface area (Å²) in [6, 6.07) is 11.9. The molecule has 8 nitrogen and oxygen atoms in total. The van der Waals surface area contributed by atoms with Gasteiger partial charge in [0.25, 0.3) is 11.8 Å². The predicted molar refractivity (Wildman–Crippen MR) is 120 cm³/mol. The van der Waals surface area contributed by atoms with E-state index in [0.29, 0.717) is 27.6 Å². The third kappa shape index (κ3) is 3.78. The molecule has 0 spiro atoms. The Bertz CT molecular complexity index is 1290. The summed E-state index contributed by atoms with van der Waals surface area (Å²) in [5.41, 5.74) is 2.73. The standard InChI is InChI=1S/C23H20N4O4S/c28-18-8-2-1-6-14(18)16-11-17(27-26-16)21(29)25-23-20(15-7-3-9-19(15)32-23)22(30)24-12-13-5-4-10-31-13/h1-2,4-6,8,10-11,28H,3,7,9,12H2,(H,24,30)(H,25,29)(H,26,27). The number of thiophene rings is 1. The summed E-state index contributed by atoms with van der Waals surface area (Å²) < 4.78 is 5.28. The van der Waals surface area contributed by atoms with Crippen LogP contribution >= 0.6 is 11.3 Å². The fraction of sp³-hybridized carbons (Fsp3) is 0.174. The maximum absolute atomic E-state index is 13.0. The van der Waals surface area contributed by atoms with Crippen LogP contribution in [0.5, 0.6) is 5.75 Å². The average molecular weight is 449 g/mol. The van der Waals surface area contributed by atoms with Crippen LogP contribution in [-0.2, 0) is 19.4 Å². The summed E-state index contributed by atoms with van der Waals surface area (Å²) in [5.74, 6) is 0.0934. The minimum Gasteiger partial charge on any atom is -0.507 e. The molecule has 2 amide bonds. The highest BCUT2D eigenvalue weighted by molar-refractivity contribution is 7.17. The van der Waals surface area contributed by atoms with Gasteiger partial charge >= 0.3 is 0 Å². The first-order chi connectivity index (χ1) is 15.6. The van der Waals surface area contributed by atoms with Crippen molar-refractivity contribution in [3.63, 3.8) is 0 Å². The number of phenols is 1. The monoisotopic (exact) mass is 448 g/mol. The van der Waals surface area contributed by atoms with Gasteiger partial charge in [0.05, 0.1) is 24.1 Å². The van der Waals surface area contributed by atoms with E-state index in [9.17, 15) is 14.7 Å². The molecule has 0 fully saturated rings. The lowest BCUT2D eigenvalue weighted by molar-refractivity contribution is 0.0948. The zero-order chi connectivity index (χ0) is 22.1. The second kappa shape index (κ2) is 8.35. The van der Waals surface area contributed by atoms with E-state index in [-0.39, 0.29) is 23.9 Å². The number of phenolic OH excluding ortho intramolecular Hbond substituents is 1. The molecule has 0 unspecified atom stereocenters. The van der Waals surface area contributed by atoms with Gasteiger partial charge in [0.1, 0.15) is 22.2 Å². The van der Waals surface area contributed by atoms with Gasteiger partial charge in [0.2, 0.25) is 0 Å². The number of nitrogens with zero attached hydrogens (tertiary/aromatic N) is 1. The van der Waals surface area contributed by atoms with Crippen LogP contribution in [0.4, 0.5) is 5.00 Å². The second-order valence-corrected chi connectivity index (χ2v) is 8.57. The van der Waals surface area contributed by atoms with E-state index in [1.807, 2.05) is 0 Å². The molecule has 0 saturated carbocycles. The number of H-pyrrole nitrogens is 1. The predicted octanol–water partition coefficient (Wildman–Crippen LogP) is 4.11. The molecule has 1 aromatic carbocycles. The fourth-order valence-corrected chi connectivity index (χ4v) is 5.12. The van der Waals surface area contributed by atoms with Gasteiger partial charge in [-0.3, -0.25) is 14.7 Å². The number of amides is 2. The Labute approximate surface area is 187 Å². The molecule has 4 aromatic rings. The summed E-state index contributed by atoms with van der Waals surface area (Å²) in [7, 11) is 0. The SMILES string of the molecule is O=C(Nc1sc2c(c1C(=O)NCc1ccco1)CCC2)c1cc(-c2ccccc2O)n[nH]1. The van der Waals surface area contributed by atoms with Crippen LogP contribution < -0.4 is 10.6 Å². The molecule has 32 heavy (non-hydrogen) atoms. The molecule has 3 heterocycles. The molecule has 5 rings (SSSR count). The lowest BCUT2D eigenvalue weighted by Crippen LogP contribution is -2.25. The van der Waals surface area contributed by atoms with E-state index in [2.05, 4.69) is 20.8 Å². The van der Waals surface area contributed by atoms with Crippen molar-refractivity contribution < 1.29 is 19.1 Å². The first-order valence-corrected chi connectivity index (χ1v) is 11.0. The molecule has 0 radical (unpaired) electrons. The van der Waals surface area contributed by atoms with Crippen molar-refractivity contribution in [1.29, 1.82) is 0 Å². The summed E-state index contributed by atoms with van der Waals surface area (Å²) in [5, 5.41) is 23.2. The molecule has 4 N–H and O–H groups in total. The van der Waals surface area contributed by atoms with E-state index in [1.54, 1.807) is 48.7 Å². The maximum atomic E-state index is 13.0. The Kier molecular flexibility index (Phi) is 5.24. The zero-order valence-corrected chi connectivity index (χ0v) is 17.8. The summed E-state index contributed by atoms with van der Waals surface area (Å²) in [6.07, 6.45) is 4.27. The van der Waals surface area contributed by atoms with Crippen molar-refractivity contribution in [3.05, 3.63) is 76.2 Å².